The molecule has 0 atom stereocenters. The third-order valence-electron chi connectivity index (χ3n) is 4.48. The van der Waals surface area contributed by atoms with E-state index < -0.39 is 15.9 Å². The molecule has 1 amide bonds. The van der Waals surface area contributed by atoms with Crippen LogP contribution in [0.3, 0.4) is 0 Å². The number of imidazole rings is 1. The zero-order valence-corrected chi connectivity index (χ0v) is 17.1. The van der Waals surface area contributed by atoms with E-state index in [1.54, 1.807) is 25.2 Å². The van der Waals surface area contributed by atoms with Gasteiger partial charge in [0.2, 0.25) is 15.9 Å². The van der Waals surface area contributed by atoms with E-state index in [9.17, 15) is 18.0 Å². The highest BCUT2D eigenvalue weighted by Gasteiger charge is 2.15. The smallest absolute Gasteiger partial charge is 0.329 e. The standard InChI is InChI=1S/C19H22N4O5S/c1-4-29(26,27)21-14-10-9-13(11-17(14)28-3)20-18(24)12-23-16-8-6-5-7-15(16)22(2)19(23)25/h5-11,21H,4,12H2,1-3H3,(H,20,24). The molecule has 3 rings (SSSR count). The molecule has 3 aromatic rings. The van der Waals surface area contributed by atoms with Gasteiger partial charge in [-0.05, 0) is 31.2 Å². The summed E-state index contributed by atoms with van der Waals surface area (Å²) >= 11 is 0. The van der Waals surface area contributed by atoms with Crippen molar-refractivity contribution in [1.29, 1.82) is 0 Å². The van der Waals surface area contributed by atoms with Crippen molar-refractivity contribution in [3.8, 4) is 5.75 Å². The fourth-order valence-electron chi connectivity index (χ4n) is 2.95. The van der Waals surface area contributed by atoms with Crippen LogP contribution in [0.5, 0.6) is 5.75 Å². The minimum absolute atomic E-state index is 0.0750. The first-order valence-electron chi connectivity index (χ1n) is 8.88. The molecule has 0 bridgehead atoms. The molecule has 0 aliphatic heterocycles. The number of rotatable bonds is 7. The topological polar surface area (TPSA) is 111 Å². The molecule has 29 heavy (non-hydrogen) atoms. The van der Waals surface area contributed by atoms with Crippen LogP contribution in [0.4, 0.5) is 11.4 Å². The van der Waals surface area contributed by atoms with Crippen LogP contribution in [0.15, 0.2) is 47.3 Å². The molecule has 0 unspecified atom stereocenters. The SMILES string of the molecule is CCS(=O)(=O)Nc1ccc(NC(=O)Cn2c(=O)n(C)c3ccccc32)cc1OC. The maximum Gasteiger partial charge on any atom is 0.329 e. The molecule has 10 heteroatoms. The van der Waals surface area contributed by atoms with Crippen LogP contribution < -0.4 is 20.5 Å². The van der Waals surface area contributed by atoms with Gasteiger partial charge < -0.3 is 10.1 Å². The molecular weight excluding hydrogens is 396 g/mol. The maximum atomic E-state index is 12.5. The summed E-state index contributed by atoms with van der Waals surface area (Å²) in [4.78, 5) is 25.0. The molecule has 9 nitrogen and oxygen atoms in total. The number of methoxy groups -OCH3 is 1. The van der Waals surface area contributed by atoms with E-state index in [1.165, 1.54) is 35.3 Å². The van der Waals surface area contributed by atoms with Crippen LogP contribution in [-0.2, 0) is 28.4 Å². The lowest BCUT2D eigenvalue weighted by Gasteiger charge is -2.13. The lowest BCUT2D eigenvalue weighted by Crippen LogP contribution is -2.28. The number of benzene rings is 2. The number of sulfonamides is 1. The molecule has 1 heterocycles. The monoisotopic (exact) mass is 418 g/mol. The molecule has 0 saturated carbocycles. The Bertz CT molecular complexity index is 1230. The summed E-state index contributed by atoms with van der Waals surface area (Å²) in [5.74, 6) is -0.205. The number of nitrogens with zero attached hydrogens (tertiary/aromatic N) is 2. The van der Waals surface area contributed by atoms with Crippen LogP contribution >= 0.6 is 0 Å². The van der Waals surface area contributed by atoms with Crippen molar-refractivity contribution < 1.29 is 17.9 Å². The average molecular weight is 418 g/mol. The van der Waals surface area contributed by atoms with Crippen molar-refractivity contribution in [2.75, 3.05) is 22.9 Å². The maximum absolute atomic E-state index is 12.5. The average Bonchev–Trinajstić information content (AvgIpc) is 2.94. The van der Waals surface area contributed by atoms with Gasteiger partial charge in [-0.1, -0.05) is 12.1 Å². The van der Waals surface area contributed by atoms with E-state index in [-0.39, 0.29) is 29.4 Å². The zero-order chi connectivity index (χ0) is 21.2. The van der Waals surface area contributed by atoms with Crippen molar-refractivity contribution >= 4 is 38.3 Å². The number of nitrogens with one attached hydrogen (secondary N) is 2. The Morgan fingerprint density at radius 3 is 2.48 bits per heavy atom. The number of ether oxygens (including phenoxy) is 1. The number of hydrogen-bond donors (Lipinski definition) is 2. The van der Waals surface area contributed by atoms with Gasteiger partial charge in [0.05, 0.1) is 29.6 Å². The quantitative estimate of drug-likeness (QED) is 0.607. The van der Waals surface area contributed by atoms with Crippen LogP contribution in [0.2, 0.25) is 0 Å². The fourth-order valence-corrected chi connectivity index (χ4v) is 3.60. The molecule has 0 spiro atoms. The van der Waals surface area contributed by atoms with Gasteiger partial charge in [-0.2, -0.15) is 0 Å². The van der Waals surface area contributed by atoms with Crippen molar-refractivity contribution in [3.05, 3.63) is 52.9 Å². The van der Waals surface area contributed by atoms with Crippen molar-refractivity contribution in [2.24, 2.45) is 7.05 Å². The number of fused-ring (bicyclic) bond motifs is 1. The highest BCUT2D eigenvalue weighted by Crippen LogP contribution is 2.29. The van der Waals surface area contributed by atoms with E-state index in [0.29, 0.717) is 11.2 Å². The number of anilines is 2. The molecule has 0 aliphatic rings. The third-order valence-corrected chi connectivity index (χ3v) is 5.78. The third kappa shape index (κ3) is 4.27. The summed E-state index contributed by atoms with van der Waals surface area (Å²) in [5.41, 5.74) is 1.80. The molecule has 0 saturated heterocycles. The largest absolute Gasteiger partial charge is 0.494 e. The van der Waals surface area contributed by atoms with E-state index in [2.05, 4.69) is 10.0 Å². The summed E-state index contributed by atoms with van der Waals surface area (Å²) in [5, 5.41) is 2.71. The normalized spacial score (nSPS) is 11.4. The van der Waals surface area contributed by atoms with Crippen molar-refractivity contribution in [3.63, 3.8) is 0 Å². The molecule has 0 fully saturated rings. The molecule has 0 radical (unpaired) electrons. The van der Waals surface area contributed by atoms with Gasteiger partial charge in [0.15, 0.2) is 0 Å². The molecule has 154 valence electrons. The summed E-state index contributed by atoms with van der Waals surface area (Å²) in [6.45, 7) is 1.37. The van der Waals surface area contributed by atoms with Gasteiger partial charge in [0, 0.05) is 18.8 Å². The van der Waals surface area contributed by atoms with E-state index in [1.807, 2.05) is 12.1 Å². The van der Waals surface area contributed by atoms with Gasteiger partial charge >= 0.3 is 5.69 Å². The summed E-state index contributed by atoms with van der Waals surface area (Å²) in [7, 11) is -0.407. The predicted octanol–water partition coefficient (Wildman–Crippen LogP) is 1.75. The molecule has 2 aromatic carbocycles. The Hall–Kier alpha value is -3.27. The Balaban J connectivity index is 1.81. The van der Waals surface area contributed by atoms with Gasteiger partial charge in [-0.25, -0.2) is 13.2 Å². The van der Waals surface area contributed by atoms with Crippen LogP contribution in [0.1, 0.15) is 6.92 Å². The first-order valence-corrected chi connectivity index (χ1v) is 10.5. The summed E-state index contributed by atoms with van der Waals surface area (Å²) in [6.07, 6.45) is 0. The molecular formula is C19H22N4O5S. The van der Waals surface area contributed by atoms with Crippen molar-refractivity contribution in [2.45, 2.75) is 13.5 Å². The first-order chi connectivity index (χ1) is 13.8. The lowest BCUT2D eigenvalue weighted by atomic mass is 10.2. The number of hydrogen-bond acceptors (Lipinski definition) is 5. The van der Waals surface area contributed by atoms with Crippen LogP contribution in [0, 0.1) is 0 Å². The minimum Gasteiger partial charge on any atom is -0.494 e. The molecule has 2 N–H and O–H groups in total. The van der Waals surface area contributed by atoms with E-state index in [4.69, 9.17) is 4.74 Å². The van der Waals surface area contributed by atoms with Gasteiger partial charge in [0.25, 0.3) is 0 Å². The van der Waals surface area contributed by atoms with Crippen LogP contribution in [-0.4, -0.2) is 36.3 Å². The van der Waals surface area contributed by atoms with Crippen LogP contribution in [0.25, 0.3) is 11.0 Å². The second kappa shape index (κ2) is 8.00. The van der Waals surface area contributed by atoms with Gasteiger partial charge in [-0.3, -0.25) is 18.7 Å². The zero-order valence-electron chi connectivity index (χ0n) is 16.3. The summed E-state index contributed by atoms with van der Waals surface area (Å²) < 4.78 is 34.1. The number of carbonyl (C=O) groups is 1. The van der Waals surface area contributed by atoms with Crippen molar-refractivity contribution in [1.82, 2.24) is 9.13 Å². The number of aryl methyl sites for hydroxylation is 1. The Labute approximate surface area is 168 Å². The molecule has 1 aromatic heterocycles. The van der Waals surface area contributed by atoms with Gasteiger partial charge in [-0.15, -0.1) is 0 Å². The van der Waals surface area contributed by atoms with Gasteiger partial charge in [0.1, 0.15) is 12.3 Å². The Morgan fingerprint density at radius 2 is 1.83 bits per heavy atom. The highest BCUT2D eigenvalue weighted by molar-refractivity contribution is 7.92. The van der Waals surface area contributed by atoms with E-state index >= 15 is 0 Å². The number of amides is 1. The summed E-state index contributed by atoms with van der Waals surface area (Å²) in [6, 6.07) is 11.8. The molecule has 0 aliphatic carbocycles. The predicted molar refractivity (Wildman–Crippen MR) is 112 cm³/mol. The number of para-hydroxylation sites is 2. The Morgan fingerprint density at radius 1 is 1.14 bits per heavy atom. The number of carbonyl (C=O) groups excluding carboxylic acids is 1. The second-order valence-corrected chi connectivity index (χ2v) is 8.40. The number of aromatic nitrogens is 2. The lowest BCUT2D eigenvalue weighted by molar-refractivity contribution is -0.116. The van der Waals surface area contributed by atoms with E-state index in [0.717, 1.165) is 5.52 Å². The minimum atomic E-state index is -3.46. The Kier molecular flexibility index (Phi) is 5.64. The fraction of sp³-hybridized carbons (Fsp3) is 0.263. The highest BCUT2D eigenvalue weighted by atomic mass is 32.2. The second-order valence-electron chi connectivity index (χ2n) is 6.39. The first kappa shape index (κ1) is 20.5.